The SMILES string of the molecule is CC.COc1[c-]cnnc1.[CH3-].[K+]. The Hall–Kier alpha value is 0.516. The smallest absolute Gasteiger partial charge is 0.533 e. The summed E-state index contributed by atoms with van der Waals surface area (Å²) in [6.45, 7) is 4.00. The van der Waals surface area contributed by atoms with Crippen LogP contribution in [0.5, 0.6) is 5.75 Å². The van der Waals surface area contributed by atoms with Gasteiger partial charge in [0.2, 0.25) is 0 Å². The maximum absolute atomic E-state index is 4.76. The van der Waals surface area contributed by atoms with Crippen molar-refractivity contribution in [2.45, 2.75) is 13.8 Å². The van der Waals surface area contributed by atoms with E-state index in [1.165, 1.54) is 12.4 Å². The molecular weight excluding hydrogens is 179 g/mol. The summed E-state index contributed by atoms with van der Waals surface area (Å²) in [5, 5.41) is 7.06. The Morgan fingerprint density at radius 2 is 1.92 bits per heavy atom. The predicted molar refractivity (Wildman–Crippen MR) is 45.2 cm³/mol. The van der Waals surface area contributed by atoms with Crippen LogP contribution < -0.4 is 56.1 Å². The number of hydrogen-bond acceptors (Lipinski definition) is 3. The molecule has 1 rings (SSSR count). The summed E-state index contributed by atoms with van der Waals surface area (Å²) >= 11 is 0. The molecule has 0 aliphatic heterocycles. The first-order valence-electron chi connectivity index (χ1n) is 3.16. The number of aromatic nitrogens is 2. The summed E-state index contributed by atoms with van der Waals surface area (Å²) in [5.41, 5.74) is 0. The molecule has 0 spiro atoms. The molecule has 0 fully saturated rings. The van der Waals surface area contributed by atoms with Crippen molar-refractivity contribution in [1.82, 2.24) is 10.2 Å². The Labute approximate surface area is 117 Å². The van der Waals surface area contributed by atoms with Crippen LogP contribution in [-0.4, -0.2) is 17.3 Å². The van der Waals surface area contributed by atoms with Gasteiger partial charge in [-0.15, -0.1) is 0 Å². The van der Waals surface area contributed by atoms with Crippen molar-refractivity contribution < 1.29 is 56.1 Å². The molecule has 0 amide bonds. The Bertz CT molecular complexity index is 158. The first-order chi connectivity index (χ1) is 4.93. The van der Waals surface area contributed by atoms with Crippen LogP contribution in [0, 0.1) is 13.5 Å². The minimum Gasteiger partial charge on any atom is -0.533 e. The Balaban J connectivity index is -0.000000189. The van der Waals surface area contributed by atoms with Gasteiger partial charge in [0.25, 0.3) is 0 Å². The third-order valence-electron chi connectivity index (χ3n) is 0.726. The van der Waals surface area contributed by atoms with Crippen LogP contribution in [0.2, 0.25) is 0 Å². The topological polar surface area (TPSA) is 35.0 Å². The van der Waals surface area contributed by atoms with E-state index in [0.29, 0.717) is 5.75 Å². The molecule has 3 nitrogen and oxygen atoms in total. The molecule has 0 saturated carbocycles. The van der Waals surface area contributed by atoms with Crippen molar-refractivity contribution in [3.05, 3.63) is 25.9 Å². The molecule has 0 aliphatic carbocycles. The van der Waals surface area contributed by atoms with Gasteiger partial charge in [-0.05, 0) is 11.9 Å². The number of hydrogen-bond donors (Lipinski definition) is 0. The average molecular weight is 193 g/mol. The van der Waals surface area contributed by atoms with Gasteiger partial charge in [0.15, 0.2) is 0 Å². The molecule has 0 N–H and O–H groups in total. The molecule has 0 aliphatic rings. The summed E-state index contributed by atoms with van der Waals surface area (Å²) < 4.78 is 4.76. The second-order valence-electron chi connectivity index (χ2n) is 1.20. The zero-order valence-electron chi connectivity index (χ0n) is 8.46. The monoisotopic (exact) mass is 193 g/mol. The minimum absolute atomic E-state index is 0. The van der Waals surface area contributed by atoms with Crippen molar-refractivity contribution in [2.75, 3.05) is 7.11 Å². The largest absolute Gasteiger partial charge is 1.00 e. The van der Waals surface area contributed by atoms with Gasteiger partial charge in [-0.3, -0.25) is 5.10 Å². The maximum atomic E-state index is 4.76. The average Bonchev–Trinajstić information content (AvgIpc) is 2.10. The van der Waals surface area contributed by atoms with Crippen molar-refractivity contribution in [2.24, 2.45) is 0 Å². The fraction of sp³-hybridized carbons (Fsp3) is 0.375. The fourth-order valence-corrected chi connectivity index (χ4v) is 0.360. The molecule has 1 aromatic rings. The third kappa shape index (κ3) is 8.61. The second-order valence-corrected chi connectivity index (χ2v) is 1.20. The molecule has 4 heteroatoms. The molecule has 0 bridgehead atoms. The summed E-state index contributed by atoms with van der Waals surface area (Å²) in [5.74, 6) is 0.611. The maximum Gasteiger partial charge on any atom is 1.00 e. The number of ether oxygens (including phenoxy) is 1. The number of methoxy groups -OCH3 is 1. The van der Waals surface area contributed by atoms with Crippen LogP contribution in [-0.2, 0) is 0 Å². The molecule has 1 aromatic heterocycles. The van der Waals surface area contributed by atoms with Crippen LogP contribution in [0.3, 0.4) is 0 Å². The van der Waals surface area contributed by atoms with Gasteiger partial charge in [-0.2, -0.15) is 11.2 Å². The Kier molecular flexibility index (Phi) is 21.5. The van der Waals surface area contributed by atoms with Gasteiger partial charge < -0.3 is 12.2 Å². The molecule has 0 unspecified atom stereocenters. The first-order valence-corrected chi connectivity index (χ1v) is 3.16. The molecule has 0 saturated heterocycles. The summed E-state index contributed by atoms with van der Waals surface area (Å²) in [6.07, 6.45) is 2.96. The van der Waals surface area contributed by atoms with Gasteiger partial charge in [0.1, 0.15) is 0 Å². The van der Waals surface area contributed by atoms with Crippen molar-refractivity contribution in [1.29, 1.82) is 0 Å². The van der Waals surface area contributed by atoms with Gasteiger partial charge in [0, 0.05) is 0 Å². The van der Waals surface area contributed by atoms with Crippen LogP contribution >= 0.6 is 0 Å². The Morgan fingerprint density at radius 1 is 1.33 bits per heavy atom. The van der Waals surface area contributed by atoms with Gasteiger partial charge in [-0.1, -0.05) is 20.0 Å². The van der Waals surface area contributed by atoms with E-state index in [1.807, 2.05) is 13.8 Å². The van der Waals surface area contributed by atoms with Crippen LogP contribution in [0.15, 0.2) is 12.4 Å². The van der Waals surface area contributed by atoms with Crippen molar-refractivity contribution in [3.8, 4) is 5.75 Å². The Morgan fingerprint density at radius 3 is 2.17 bits per heavy atom. The van der Waals surface area contributed by atoms with E-state index in [-0.39, 0.29) is 58.8 Å². The number of nitrogens with zero attached hydrogens (tertiary/aromatic N) is 2. The molecular formula is C8H14KN2O-. The zero-order chi connectivity index (χ0) is 7.82. The first kappa shape index (κ1) is 18.3. The van der Waals surface area contributed by atoms with E-state index in [2.05, 4.69) is 16.3 Å². The van der Waals surface area contributed by atoms with Gasteiger partial charge in [-0.25, -0.2) is 0 Å². The standard InChI is InChI=1S/C5H5N2O.C2H6.CH3.K/c1-8-5-2-3-6-7-4-5;1-2;;/h3-4H,1H3;1-2H3;1H3;/q-1;;-1;+1. The zero-order valence-corrected chi connectivity index (χ0v) is 11.6. The molecule has 0 atom stereocenters. The molecule has 0 aromatic carbocycles. The number of rotatable bonds is 1. The van der Waals surface area contributed by atoms with E-state index in [0.717, 1.165) is 0 Å². The van der Waals surface area contributed by atoms with E-state index in [9.17, 15) is 0 Å². The van der Waals surface area contributed by atoms with E-state index >= 15 is 0 Å². The van der Waals surface area contributed by atoms with Crippen molar-refractivity contribution >= 4 is 0 Å². The van der Waals surface area contributed by atoms with Crippen LogP contribution in [0.1, 0.15) is 13.8 Å². The minimum atomic E-state index is 0. The second kappa shape index (κ2) is 14.1. The van der Waals surface area contributed by atoms with Crippen LogP contribution in [0.25, 0.3) is 0 Å². The third-order valence-corrected chi connectivity index (χ3v) is 0.726. The quantitative estimate of drug-likeness (QED) is 0.414. The van der Waals surface area contributed by atoms with Gasteiger partial charge in [0.05, 0.1) is 7.11 Å². The molecule has 64 valence electrons. The van der Waals surface area contributed by atoms with Crippen molar-refractivity contribution in [3.63, 3.8) is 0 Å². The molecule has 0 radical (unpaired) electrons. The van der Waals surface area contributed by atoms with E-state index in [4.69, 9.17) is 4.74 Å². The fourth-order valence-electron chi connectivity index (χ4n) is 0.360. The van der Waals surface area contributed by atoms with E-state index in [1.54, 1.807) is 7.11 Å². The van der Waals surface area contributed by atoms with Gasteiger partial charge >= 0.3 is 51.4 Å². The molecule has 1 heterocycles. The van der Waals surface area contributed by atoms with Crippen LogP contribution in [0.4, 0.5) is 0 Å². The normalized spacial score (nSPS) is 6.25. The summed E-state index contributed by atoms with van der Waals surface area (Å²) in [7, 11) is 1.56. The molecule has 12 heavy (non-hydrogen) atoms. The van der Waals surface area contributed by atoms with E-state index < -0.39 is 0 Å². The predicted octanol–water partition coefficient (Wildman–Crippen LogP) is -1.23. The summed E-state index contributed by atoms with van der Waals surface area (Å²) in [4.78, 5) is 0. The summed E-state index contributed by atoms with van der Waals surface area (Å²) in [6, 6.07) is 2.72.